The standard InChI is InChI=1S/C47H36O/c1-2-13-32(14-3-1)36-28-30-45-44(31-36)47-35(19-12-26-46(47)48-45)18-11-25-42-38-21-6-8-23-40(38)43(41-24-9-7-22-39(41)42)29-27-34-17-10-16-33-15-4-5-20-37(33)34/h1-10,12-17,19-24,26,28,30-31H,11,18,25,27,29H2/i1D,2D,3D,4D,5D,6D,7D,8D,9D,10D,12D,13D,14D,15D,16D,17D,19D,20D,21D,22D,23D,24D,26D,28D,30D,31D. The first-order chi connectivity index (χ1) is 34.6. The van der Waals surface area contributed by atoms with Gasteiger partial charge in [-0.15, -0.1) is 0 Å². The molecule has 0 bridgehead atoms. The van der Waals surface area contributed by atoms with E-state index in [1.54, 1.807) is 0 Å². The van der Waals surface area contributed by atoms with Gasteiger partial charge < -0.3 is 4.42 Å². The first-order valence-corrected chi connectivity index (χ1v) is 15.1. The lowest BCUT2D eigenvalue weighted by atomic mass is 9.86. The predicted octanol–water partition coefficient (Wildman–Crippen LogP) is 12.7. The first-order valence-electron chi connectivity index (χ1n) is 28.1. The maximum absolute atomic E-state index is 9.39. The van der Waals surface area contributed by atoms with E-state index in [2.05, 4.69) is 0 Å². The lowest BCUT2D eigenvalue weighted by Crippen LogP contribution is -2.00. The molecule has 0 fully saturated rings. The van der Waals surface area contributed by atoms with Crippen LogP contribution < -0.4 is 0 Å². The van der Waals surface area contributed by atoms with E-state index in [0.29, 0.717) is 0 Å². The van der Waals surface area contributed by atoms with Crippen molar-refractivity contribution in [1.82, 2.24) is 0 Å². The van der Waals surface area contributed by atoms with E-state index in [-0.39, 0.29) is 103 Å². The smallest absolute Gasteiger partial charge is 0.135 e. The highest BCUT2D eigenvalue weighted by Crippen LogP contribution is 2.37. The van der Waals surface area contributed by atoms with Crippen molar-refractivity contribution in [2.45, 2.75) is 32.1 Å². The van der Waals surface area contributed by atoms with Crippen molar-refractivity contribution in [2.75, 3.05) is 0 Å². The summed E-state index contributed by atoms with van der Waals surface area (Å²) >= 11 is 0. The van der Waals surface area contributed by atoms with Gasteiger partial charge in [-0.3, -0.25) is 0 Å². The molecule has 0 aliphatic rings. The van der Waals surface area contributed by atoms with E-state index in [1.807, 2.05) is 0 Å². The van der Waals surface area contributed by atoms with Crippen LogP contribution >= 0.6 is 0 Å². The van der Waals surface area contributed by atoms with Gasteiger partial charge in [0.15, 0.2) is 0 Å². The molecule has 0 spiro atoms. The van der Waals surface area contributed by atoms with Gasteiger partial charge in [0, 0.05) is 10.8 Å². The summed E-state index contributed by atoms with van der Waals surface area (Å²) in [6, 6.07) is -17.4. The fourth-order valence-electron chi connectivity index (χ4n) is 6.23. The van der Waals surface area contributed by atoms with Crippen LogP contribution in [0.2, 0.25) is 0 Å². The Kier molecular flexibility index (Phi) is 3.15. The molecule has 0 unspecified atom stereocenters. The van der Waals surface area contributed by atoms with Crippen LogP contribution in [0.4, 0.5) is 0 Å². The predicted molar refractivity (Wildman–Crippen MR) is 204 cm³/mol. The summed E-state index contributed by atoms with van der Waals surface area (Å²) in [5.41, 5.74) is -2.09. The van der Waals surface area contributed by atoms with E-state index in [4.69, 9.17) is 33.2 Å². The zero-order valence-corrected chi connectivity index (χ0v) is 24.9. The van der Waals surface area contributed by atoms with Crippen molar-refractivity contribution >= 4 is 54.3 Å². The van der Waals surface area contributed by atoms with Crippen molar-refractivity contribution in [1.29, 1.82) is 0 Å². The van der Waals surface area contributed by atoms with Crippen LogP contribution in [0.3, 0.4) is 0 Å². The molecule has 9 rings (SSSR count). The van der Waals surface area contributed by atoms with Gasteiger partial charge in [-0.1, -0.05) is 139 Å². The topological polar surface area (TPSA) is 13.1 Å². The highest BCUT2D eigenvalue weighted by atomic mass is 16.3. The van der Waals surface area contributed by atoms with Crippen molar-refractivity contribution in [3.63, 3.8) is 0 Å². The third-order valence-electron chi connectivity index (χ3n) is 8.35. The normalized spacial score (nSPS) is 19.3. The SMILES string of the molecule is [2H]c1c([2H])c([2H])c(-c2c([2H])c([2H])c3oc4c([2H])c([2H])c([2H])c(CCCc5c6c([2H])c([2H])c([2H])c([2H])c6c(CCc6c([2H])c([2H])c([2H])c7c([2H])c([2H])c([2H])c([2H])c67)c6c([2H])c([2H])c([2H])c([2H])c56)c4c3c2[2H])c([2H])c1[2H]. The molecule has 0 aliphatic carbocycles. The molecule has 0 saturated heterocycles. The summed E-state index contributed by atoms with van der Waals surface area (Å²) in [4.78, 5) is 0. The monoisotopic (exact) mass is 642 g/mol. The maximum atomic E-state index is 9.39. The second kappa shape index (κ2) is 12.2. The Balaban J connectivity index is 1.28. The fourth-order valence-corrected chi connectivity index (χ4v) is 6.23. The number of aryl methyl sites for hydroxylation is 4. The lowest BCUT2D eigenvalue weighted by molar-refractivity contribution is 0.668. The third kappa shape index (κ3) is 5.04. The molecule has 1 heterocycles. The van der Waals surface area contributed by atoms with Crippen LogP contribution in [0.5, 0.6) is 0 Å². The van der Waals surface area contributed by atoms with Crippen LogP contribution in [0, 0.1) is 0 Å². The maximum Gasteiger partial charge on any atom is 0.135 e. The molecule has 8 aromatic carbocycles. The minimum absolute atomic E-state index is 0.00507. The molecule has 230 valence electrons. The molecule has 1 heteroatoms. The number of benzene rings is 8. The summed E-state index contributed by atoms with van der Waals surface area (Å²) in [7, 11) is 0. The second-order valence-electron chi connectivity index (χ2n) is 11.0. The van der Waals surface area contributed by atoms with Gasteiger partial charge in [-0.2, -0.15) is 0 Å². The van der Waals surface area contributed by atoms with Crippen LogP contribution in [-0.2, 0) is 25.7 Å². The highest BCUT2D eigenvalue weighted by Gasteiger charge is 2.16. The molecular weight excluding hydrogens is 581 g/mol. The molecule has 9 aromatic rings. The molecule has 48 heavy (non-hydrogen) atoms. The lowest BCUT2D eigenvalue weighted by Gasteiger charge is -2.17. The van der Waals surface area contributed by atoms with Crippen LogP contribution in [0.25, 0.3) is 65.4 Å². The Morgan fingerprint density at radius 2 is 1.00 bits per heavy atom. The molecule has 0 aliphatic heterocycles. The molecular formula is C47H36O. The van der Waals surface area contributed by atoms with Gasteiger partial charge in [-0.25, -0.2) is 0 Å². The molecule has 0 atom stereocenters. The van der Waals surface area contributed by atoms with Crippen molar-refractivity contribution < 1.29 is 40.1 Å². The Bertz CT molecular complexity index is 3950. The van der Waals surface area contributed by atoms with Crippen molar-refractivity contribution in [3.8, 4) is 11.1 Å². The van der Waals surface area contributed by atoms with Gasteiger partial charge in [0.05, 0.1) is 35.6 Å². The summed E-state index contributed by atoms with van der Waals surface area (Å²) < 4.78 is 234. The Hall–Kier alpha value is -5.66. The average Bonchev–Trinajstić information content (AvgIpc) is 3.78. The van der Waals surface area contributed by atoms with E-state index in [1.165, 1.54) is 0 Å². The molecule has 1 nitrogen and oxygen atoms in total. The summed E-state index contributed by atoms with van der Waals surface area (Å²) in [5, 5.41) is -1.68. The zero-order chi connectivity index (χ0) is 54.5. The first kappa shape index (κ1) is 12.4. The number of fused-ring (bicyclic) bond motifs is 6. The summed E-state index contributed by atoms with van der Waals surface area (Å²) in [6.45, 7) is 0. The number of hydrogen-bond acceptors (Lipinski definition) is 1. The molecule has 0 amide bonds. The van der Waals surface area contributed by atoms with E-state index >= 15 is 0 Å². The summed E-state index contributed by atoms with van der Waals surface area (Å²) in [6.07, 6.45) is -1.42. The third-order valence-corrected chi connectivity index (χ3v) is 8.35. The van der Waals surface area contributed by atoms with E-state index < -0.39 is 174 Å². The quantitative estimate of drug-likeness (QED) is 0.150. The zero-order valence-electron chi connectivity index (χ0n) is 50.9. The summed E-state index contributed by atoms with van der Waals surface area (Å²) in [5.74, 6) is 0. The minimum Gasteiger partial charge on any atom is -0.456 e. The molecule has 0 saturated carbocycles. The van der Waals surface area contributed by atoms with Crippen LogP contribution in [-0.4, -0.2) is 0 Å². The fraction of sp³-hybridized carbons (Fsp3) is 0.106. The van der Waals surface area contributed by atoms with Crippen molar-refractivity contribution in [2.24, 2.45) is 0 Å². The van der Waals surface area contributed by atoms with Gasteiger partial charge in [0.25, 0.3) is 0 Å². The largest absolute Gasteiger partial charge is 0.456 e. The van der Waals surface area contributed by atoms with Gasteiger partial charge in [-0.05, 0) is 116 Å². The van der Waals surface area contributed by atoms with Crippen LogP contribution in [0.15, 0.2) is 162 Å². The van der Waals surface area contributed by atoms with E-state index in [9.17, 15) is 6.85 Å². The number of hydrogen-bond donors (Lipinski definition) is 0. The van der Waals surface area contributed by atoms with Gasteiger partial charge in [0.1, 0.15) is 11.2 Å². The average molecular weight is 643 g/mol. The number of furan rings is 1. The van der Waals surface area contributed by atoms with Gasteiger partial charge in [0.2, 0.25) is 0 Å². The van der Waals surface area contributed by atoms with E-state index in [0.717, 1.165) is 0 Å². The Morgan fingerprint density at radius 1 is 0.396 bits per heavy atom. The molecule has 1 aromatic heterocycles. The highest BCUT2D eigenvalue weighted by molar-refractivity contribution is 6.08. The molecule has 0 radical (unpaired) electrons. The number of rotatable bonds is 8. The van der Waals surface area contributed by atoms with Gasteiger partial charge >= 0.3 is 0 Å². The molecule has 0 N–H and O–H groups in total. The Morgan fingerprint density at radius 3 is 1.75 bits per heavy atom. The van der Waals surface area contributed by atoms with Crippen molar-refractivity contribution in [3.05, 3.63) is 179 Å². The second-order valence-corrected chi connectivity index (χ2v) is 11.0. The van der Waals surface area contributed by atoms with Crippen LogP contribution in [0.1, 0.15) is 64.3 Å². The minimum atomic E-state index is -0.774. The Labute approximate surface area is 317 Å².